The van der Waals surface area contributed by atoms with Crippen LogP contribution < -0.4 is 11.1 Å². The van der Waals surface area contributed by atoms with Gasteiger partial charge in [0, 0.05) is 19.1 Å². The minimum atomic E-state index is 0.0927. The molecule has 4 nitrogen and oxygen atoms in total. The van der Waals surface area contributed by atoms with Crippen molar-refractivity contribution in [2.24, 2.45) is 29.4 Å². The molecule has 0 spiro atoms. The van der Waals surface area contributed by atoms with Gasteiger partial charge in [-0.25, -0.2) is 0 Å². The summed E-state index contributed by atoms with van der Waals surface area (Å²) in [6.45, 7) is 6.48. The molecule has 3 aliphatic rings. The zero-order chi connectivity index (χ0) is 14.1. The molecule has 1 amide bonds. The summed E-state index contributed by atoms with van der Waals surface area (Å²) in [6, 6.07) is 0.115. The van der Waals surface area contributed by atoms with E-state index in [4.69, 9.17) is 5.73 Å². The number of piperidine rings is 1. The number of nitrogens with one attached hydrogen (secondary N) is 1. The molecule has 1 aliphatic heterocycles. The monoisotopic (exact) mass is 279 g/mol. The van der Waals surface area contributed by atoms with Crippen LogP contribution in [0.15, 0.2) is 0 Å². The average Bonchev–Trinajstić information content (AvgIpc) is 3.01. The fourth-order valence-corrected chi connectivity index (χ4v) is 4.47. The molecule has 4 unspecified atom stereocenters. The van der Waals surface area contributed by atoms with Gasteiger partial charge in [-0.05, 0) is 62.9 Å². The van der Waals surface area contributed by atoms with Gasteiger partial charge in [0.05, 0.1) is 5.92 Å². The highest BCUT2D eigenvalue weighted by atomic mass is 16.1. The van der Waals surface area contributed by atoms with Crippen molar-refractivity contribution < 1.29 is 4.79 Å². The Bertz CT molecular complexity index is 350. The first-order chi connectivity index (χ1) is 9.65. The maximum Gasteiger partial charge on any atom is 0.225 e. The average molecular weight is 279 g/mol. The van der Waals surface area contributed by atoms with Crippen molar-refractivity contribution in [1.82, 2.24) is 10.2 Å². The Labute approximate surface area is 122 Å². The third-order valence-corrected chi connectivity index (χ3v) is 5.89. The van der Waals surface area contributed by atoms with Crippen molar-refractivity contribution in [3.05, 3.63) is 0 Å². The van der Waals surface area contributed by atoms with Crippen molar-refractivity contribution in [1.29, 1.82) is 0 Å². The van der Waals surface area contributed by atoms with Crippen LogP contribution in [0.2, 0.25) is 0 Å². The van der Waals surface area contributed by atoms with Crippen molar-refractivity contribution in [3.8, 4) is 0 Å². The predicted molar refractivity (Wildman–Crippen MR) is 80.1 cm³/mol. The summed E-state index contributed by atoms with van der Waals surface area (Å²) >= 11 is 0. The van der Waals surface area contributed by atoms with E-state index in [0.717, 1.165) is 19.0 Å². The van der Waals surface area contributed by atoms with Gasteiger partial charge in [-0.3, -0.25) is 4.79 Å². The van der Waals surface area contributed by atoms with E-state index in [1.807, 2.05) is 0 Å². The normalized spacial score (nSPS) is 38.3. The molecule has 0 radical (unpaired) electrons. The van der Waals surface area contributed by atoms with Gasteiger partial charge >= 0.3 is 0 Å². The van der Waals surface area contributed by atoms with E-state index in [0.29, 0.717) is 11.8 Å². The van der Waals surface area contributed by atoms with Crippen LogP contribution in [0.4, 0.5) is 0 Å². The second-order valence-electron chi connectivity index (χ2n) is 7.25. The van der Waals surface area contributed by atoms with Gasteiger partial charge in [0.25, 0.3) is 0 Å². The van der Waals surface area contributed by atoms with Crippen LogP contribution in [-0.4, -0.2) is 43.0 Å². The zero-order valence-electron chi connectivity index (χ0n) is 12.7. The maximum absolute atomic E-state index is 12.3. The molecule has 3 N–H and O–H groups in total. The van der Waals surface area contributed by atoms with Crippen LogP contribution in [0.1, 0.15) is 39.0 Å². The number of hydrogen-bond donors (Lipinski definition) is 2. The lowest BCUT2D eigenvalue weighted by Gasteiger charge is -2.31. The van der Waals surface area contributed by atoms with Gasteiger partial charge in [0.15, 0.2) is 0 Å². The molecule has 4 heteroatoms. The molecule has 2 bridgehead atoms. The van der Waals surface area contributed by atoms with Gasteiger partial charge in [0.1, 0.15) is 0 Å². The molecule has 1 saturated heterocycles. The van der Waals surface area contributed by atoms with Gasteiger partial charge in [0.2, 0.25) is 5.91 Å². The maximum atomic E-state index is 12.3. The third-order valence-electron chi connectivity index (χ3n) is 5.89. The van der Waals surface area contributed by atoms with Crippen molar-refractivity contribution >= 4 is 5.91 Å². The summed E-state index contributed by atoms with van der Waals surface area (Å²) in [5.74, 6) is 2.35. The molecule has 2 aliphatic carbocycles. The third kappa shape index (κ3) is 2.86. The van der Waals surface area contributed by atoms with Crippen LogP contribution in [-0.2, 0) is 4.79 Å². The first-order valence-electron chi connectivity index (χ1n) is 8.41. The van der Waals surface area contributed by atoms with E-state index in [-0.39, 0.29) is 17.9 Å². The lowest BCUT2D eigenvalue weighted by atomic mass is 9.84. The molecular weight excluding hydrogens is 250 g/mol. The Hall–Kier alpha value is -0.610. The number of nitrogens with zero attached hydrogens (tertiary/aromatic N) is 1. The van der Waals surface area contributed by atoms with Crippen LogP contribution >= 0.6 is 0 Å². The number of hydrogen-bond acceptors (Lipinski definition) is 3. The fraction of sp³-hybridized carbons (Fsp3) is 0.938. The predicted octanol–water partition coefficient (Wildman–Crippen LogP) is 1.21. The lowest BCUT2D eigenvalue weighted by molar-refractivity contribution is -0.127. The largest absolute Gasteiger partial charge is 0.355 e. The highest BCUT2D eigenvalue weighted by Gasteiger charge is 2.48. The van der Waals surface area contributed by atoms with Crippen molar-refractivity contribution in [2.75, 3.05) is 26.2 Å². The van der Waals surface area contributed by atoms with Crippen LogP contribution in [0.3, 0.4) is 0 Å². The lowest BCUT2D eigenvalue weighted by Crippen LogP contribution is -2.47. The Balaban J connectivity index is 1.39. The number of amides is 1. The van der Waals surface area contributed by atoms with Gasteiger partial charge in [-0.1, -0.05) is 6.92 Å². The molecule has 0 aromatic heterocycles. The molecule has 0 aromatic carbocycles. The van der Waals surface area contributed by atoms with Crippen molar-refractivity contribution in [2.45, 2.75) is 45.1 Å². The minimum absolute atomic E-state index is 0.0927. The van der Waals surface area contributed by atoms with E-state index in [2.05, 4.69) is 17.1 Å². The SMILES string of the molecule is CC1CCN(CCNC(=O)C2C3CCC(C3)C2N)CC1. The summed E-state index contributed by atoms with van der Waals surface area (Å²) in [5, 5.41) is 3.14. The number of nitrogens with two attached hydrogens (primary N) is 1. The van der Waals surface area contributed by atoms with Gasteiger partial charge in [-0.15, -0.1) is 0 Å². The molecule has 0 aromatic rings. The molecule has 3 fully saturated rings. The Morgan fingerprint density at radius 3 is 2.55 bits per heavy atom. The number of fused-ring (bicyclic) bond motifs is 2. The molecule has 3 rings (SSSR count). The molecule has 1 heterocycles. The summed E-state index contributed by atoms with van der Waals surface area (Å²) in [4.78, 5) is 14.8. The van der Waals surface area contributed by atoms with E-state index in [1.54, 1.807) is 0 Å². The Kier molecular flexibility index (Phi) is 4.32. The van der Waals surface area contributed by atoms with Crippen LogP contribution in [0.25, 0.3) is 0 Å². The van der Waals surface area contributed by atoms with Gasteiger partial charge in [-0.2, -0.15) is 0 Å². The highest BCUT2D eigenvalue weighted by molar-refractivity contribution is 5.80. The van der Waals surface area contributed by atoms with E-state index >= 15 is 0 Å². The van der Waals surface area contributed by atoms with Crippen LogP contribution in [0.5, 0.6) is 0 Å². The van der Waals surface area contributed by atoms with Crippen molar-refractivity contribution in [3.63, 3.8) is 0 Å². The van der Waals surface area contributed by atoms with E-state index < -0.39 is 0 Å². The second kappa shape index (κ2) is 6.02. The molecule has 114 valence electrons. The smallest absolute Gasteiger partial charge is 0.225 e. The number of rotatable bonds is 4. The zero-order valence-corrected chi connectivity index (χ0v) is 12.7. The topological polar surface area (TPSA) is 58.4 Å². The number of likely N-dealkylation sites (tertiary alicyclic amines) is 1. The first kappa shape index (κ1) is 14.3. The minimum Gasteiger partial charge on any atom is -0.355 e. The Morgan fingerprint density at radius 2 is 1.90 bits per heavy atom. The first-order valence-corrected chi connectivity index (χ1v) is 8.41. The standard InChI is InChI=1S/C16H29N3O/c1-11-4-7-19(8-5-11)9-6-18-16(20)14-12-2-3-13(10-12)15(14)17/h11-15H,2-10,17H2,1H3,(H,18,20). The summed E-state index contributed by atoms with van der Waals surface area (Å²) in [7, 11) is 0. The Morgan fingerprint density at radius 1 is 1.20 bits per heavy atom. The number of carbonyl (C=O) groups excluding carboxylic acids is 1. The highest BCUT2D eigenvalue weighted by Crippen LogP contribution is 2.47. The van der Waals surface area contributed by atoms with Crippen LogP contribution in [0, 0.1) is 23.7 Å². The van der Waals surface area contributed by atoms with Gasteiger partial charge < -0.3 is 16.0 Å². The molecular formula is C16H29N3O. The molecule has 20 heavy (non-hydrogen) atoms. The van der Waals surface area contributed by atoms with E-state index in [9.17, 15) is 4.79 Å². The second-order valence-corrected chi connectivity index (χ2v) is 7.25. The molecule has 2 saturated carbocycles. The summed E-state index contributed by atoms with van der Waals surface area (Å²) in [6.07, 6.45) is 6.22. The number of carbonyl (C=O) groups is 1. The quantitative estimate of drug-likeness (QED) is 0.813. The fourth-order valence-electron chi connectivity index (χ4n) is 4.47. The summed E-state index contributed by atoms with van der Waals surface area (Å²) < 4.78 is 0. The van der Waals surface area contributed by atoms with E-state index in [1.165, 1.54) is 45.2 Å². The summed E-state index contributed by atoms with van der Waals surface area (Å²) in [5.41, 5.74) is 6.22. The molecule has 4 atom stereocenters.